The number of nitrogens with two attached hydrogens (primary N) is 1. The van der Waals surface area contributed by atoms with E-state index in [2.05, 4.69) is 0 Å². The predicted molar refractivity (Wildman–Crippen MR) is 128 cm³/mol. The molecule has 0 aliphatic heterocycles. The third-order valence-electron chi connectivity index (χ3n) is 7.54. The van der Waals surface area contributed by atoms with Crippen molar-refractivity contribution in [3.63, 3.8) is 0 Å². The van der Waals surface area contributed by atoms with Crippen LogP contribution in [0, 0.1) is 11.8 Å². The van der Waals surface area contributed by atoms with Crippen LogP contribution >= 0.6 is 0 Å². The first-order chi connectivity index (χ1) is 16.4. The van der Waals surface area contributed by atoms with E-state index in [-0.39, 0.29) is 29.7 Å². The molecule has 0 heterocycles. The Morgan fingerprint density at radius 3 is 2.46 bits per heavy atom. The van der Waals surface area contributed by atoms with Crippen LogP contribution in [0.25, 0.3) is 11.3 Å². The van der Waals surface area contributed by atoms with Gasteiger partial charge in [-0.2, -0.15) is 0 Å². The maximum Gasteiger partial charge on any atom is 0.255 e. The van der Waals surface area contributed by atoms with E-state index < -0.39 is 58.0 Å². The summed E-state index contributed by atoms with van der Waals surface area (Å²) in [6, 6.07) is 2.10. The summed E-state index contributed by atoms with van der Waals surface area (Å²) < 4.78 is 0. The molecule has 0 spiro atoms. The number of phenols is 1. The van der Waals surface area contributed by atoms with Crippen molar-refractivity contribution in [2.75, 3.05) is 14.1 Å². The van der Waals surface area contributed by atoms with Crippen molar-refractivity contribution >= 4 is 28.8 Å². The van der Waals surface area contributed by atoms with Gasteiger partial charge in [0.2, 0.25) is 5.78 Å². The zero-order valence-corrected chi connectivity index (χ0v) is 20.1. The second kappa shape index (κ2) is 8.35. The highest BCUT2D eigenvalue weighted by Crippen LogP contribution is 2.53. The number of fused-ring (bicyclic) bond motifs is 3. The molecular weight excluding hydrogens is 452 g/mol. The second-order valence-electron chi connectivity index (χ2n) is 9.74. The van der Waals surface area contributed by atoms with E-state index >= 15 is 0 Å². The number of likely N-dealkylation sites (N-methyl/N-ethyl adjacent to an activating group) is 1. The molecule has 4 atom stereocenters. The van der Waals surface area contributed by atoms with Crippen molar-refractivity contribution in [3.05, 3.63) is 51.8 Å². The van der Waals surface area contributed by atoms with Crippen molar-refractivity contribution in [1.29, 1.82) is 0 Å². The average molecular weight is 483 g/mol. The highest BCUT2D eigenvalue weighted by molar-refractivity contribution is 6.24. The van der Waals surface area contributed by atoms with Crippen molar-refractivity contribution in [1.82, 2.24) is 4.90 Å². The number of aromatic hydroxyl groups is 1. The standard InChI is InChI=1S/C26H30N2O7/c1-5-6-11(2)13-7-8-16(29)18-14(13)9-12-10-15-20(28(3)4)22(31)19(25(27)34)24(33)26(15,35)23(32)17(12)21(18)30/h6-8,12,15,20,29-30,33,35H,5,9-10H2,1-4H3,(H2,27,34)/b11-6-/t12-,15-,20-,26-/m0/s1. The van der Waals surface area contributed by atoms with Crippen molar-refractivity contribution < 1.29 is 34.8 Å². The van der Waals surface area contributed by atoms with E-state index in [0.29, 0.717) is 5.56 Å². The fourth-order valence-corrected chi connectivity index (χ4v) is 6.03. The predicted octanol–water partition coefficient (Wildman–Crippen LogP) is 1.78. The Hall–Kier alpha value is -3.43. The number of nitrogens with zero attached hydrogens (tertiary/aromatic N) is 1. The Labute approximate surface area is 202 Å². The third kappa shape index (κ3) is 3.33. The van der Waals surface area contributed by atoms with Gasteiger partial charge in [0.1, 0.15) is 22.8 Å². The monoisotopic (exact) mass is 482 g/mol. The molecule has 35 heavy (non-hydrogen) atoms. The van der Waals surface area contributed by atoms with Gasteiger partial charge < -0.3 is 26.2 Å². The lowest BCUT2D eigenvalue weighted by Crippen LogP contribution is -2.65. The third-order valence-corrected chi connectivity index (χ3v) is 7.54. The van der Waals surface area contributed by atoms with Gasteiger partial charge in [0.25, 0.3) is 5.91 Å². The van der Waals surface area contributed by atoms with Gasteiger partial charge in [-0.1, -0.05) is 19.1 Å². The van der Waals surface area contributed by atoms with E-state index in [1.165, 1.54) is 11.0 Å². The van der Waals surface area contributed by atoms with E-state index in [4.69, 9.17) is 5.73 Å². The van der Waals surface area contributed by atoms with Gasteiger partial charge in [0.05, 0.1) is 11.6 Å². The number of primary amides is 1. The molecule has 4 rings (SSSR count). The molecule has 0 aromatic heterocycles. The molecule has 3 aliphatic carbocycles. The van der Waals surface area contributed by atoms with Crippen LogP contribution < -0.4 is 5.73 Å². The SMILES string of the molecule is CC/C=C(/C)c1ccc(O)c2c1C[C@H]1C[C@H]3[C@H](N(C)C)C(=O)C(C(N)=O)=C(O)[C@@]3(O)C(=O)C1=C2O. The number of carbonyl (C=O) groups is 3. The van der Waals surface area contributed by atoms with Crippen LogP contribution in [0.1, 0.15) is 43.4 Å². The first-order valence-electron chi connectivity index (χ1n) is 11.5. The Kier molecular flexibility index (Phi) is 5.89. The summed E-state index contributed by atoms with van der Waals surface area (Å²) in [6.45, 7) is 3.92. The molecule has 0 bridgehead atoms. The quantitative estimate of drug-likeness (QED) is 0.406. The summed E-state index contributed by atoms with van der Waals surface area (Å²) in [5.41, 5.74) is 4.26. The van der Waals surface area contributed by atoms with E-state index in [1.807, 2.05) is 19.9 Å². The number of Topliss-reactive ketones (excluding diaryl/α,β-unsaturated/α-hetero) is 2. The van der Waals surface area contributed by atoms with Gasteiger partial charge in [-0.05, 0) is 69.0 Å². The van der Waals surface area contributed by atoms with Crippen LogP contribution in [0.3, 0.4) is 0 Å². The maximum atomic E-state index is 13.8. The van der Waals surface area contributed by atoms with Gasteiger partial charge in [-0.15, -0.1) is 0 Å². The molecule has 3 aliphatic rings. The highest BCUT2D eigenvalue weighted by atomic mass is 16.3. The number of hydrogen-bond acceptors (Lipinski definition) is 8. The average Bonchev–Trinajstić information content (AvgIpc) is 2.76. The molecule has 1 aromatic carbocycles. The Morgan fingerprint density at radius 2 is 1.89 bits per heavy atom. The largest absolute Gasteiger partial charge is 0.508 e. The Morgan fingerprint density at radius 1 is 1.23 bits per heavy atom. The molecule has 1 saturated carbocycles. The highest BCUT2D eigenvalue weighted by Gasteiger charge is 2.64. The van der Waals surface area contributed by atoms with Crippen molar-refractivity contribution in [2.24, 2.45) is 17.6 Å². The van der Waals surface area contributed by atoms with Gasteiger partial charge in [0.15, 0.2) is 11.4 Å². The number of hydrogen-bond donors (Lipinski definition) is 5. The molecule has 9 nitrogen and oxygen atoms in total. The van der Waals surface area contributed by atoms with Gasteiger partial charge in [-0.25, -0.2) is 0 Å². The molecular formula is C26H30N2O7. The number of aliphatic hydroxyl groups excluding tert-OH is 2. The van der Waals surface area contributed by atoms with Crippen molar-refractivity contribution in [2.45, 2.75) is 44.8 Å². The van der Waals surface area contributed by atoms with Crippen LogP contribution in [0.2, 0.25) is 0 Å². The summed E-state index contributed by atoms with van der Waals surface area (Å²) in [4.78, 5) is 40.4. The number of phenolic OH excluding ortho intramolecular Hbond substituents is 1. The molecule has 1 aromatic rings. The van der Waals surface area contributed by atoms with Gasteiger partial charge in [-0.3, -0.25) is 19.3 Å². The smallest absolute Gasteiger partial charge is 0.255 e. The van der Waals surface area contributed by atoms with Gasteiger partial charge in [0, 0.05) is 11.5 Å². The molecule has 0 radical (unpaired) electrons. The zero-order valence-electron chi connectivity index (χ0n) is 20.1. The Bertz CT molecular complexity index is 1260. The normalized spacial score (nSPS) is 28.7. The topological polar surface area (TPSA) is 161 Å². The molecule has 0 saturated heterocycles. The van der Waals surface area contributed by atoms with Crippen LogP contribution in [-0.2, 0) is 20.8 Å². The molecule has 1 fully saturated rings. The zero-order chi connectivity index (χ0) is 26.0. The summed E-state index contributed by atoms with van der Waals surface area (Å²) in [5.74, 6) is -6.51. The molecule has 6 N–H and O–H groups in total. The van der Waals surface area contributed by atoms with Crippen LogP contribution in [0.5, 0.6) is 5.75 Å². The van der Waals surface area contributed by atoms with E-state index in [0.717, 1.165) is 17.6 Å². The summed E-state index contributed by atoms with van der Waals surface area (Å²) in [7, 11) is 3.14. The molecule has 186 valence electrons. The minimum absolute atomic E-state index is 0.0669. The number of ketones is 2. The number of allylic oxidation sites excluding steroid dienone is 2. The minimum atomic E-state index is -2.63. The van der Waals surface area contributed by atoms with E-state index in [1.54, 1.807) is 20.2 Å². The van der Waals surface area contributed by atoms with Crippen LogP contribution in [0.15, 0.2) is 35.1 Å². The molecule has 9 heteroatoms. The fourth-order valence-electron chi connectivity index (χ4n) is 6.03. The lowest BCUT2D eigenvalue weighted by atomic mass is 9.57. The summed E-state index contributed by atoms with van der Waals surface area (Å²) in [6.07, 6.45) is 3.14. The minimum Gasteiger partial charge on any atom is -0.508 e. The summed E-state index contributed by atoms with van der Waals surface area (Å²) >= 11 is 0. The number of benzene rings is 1. The van der Waals surface area contributed by atoms with Crippen molar-refractivity contribution in [3.8, 4) is 5.75 Å². The number of carbonyl (C=O) groups excluding carboxylic acids is 3. The Balaban J connectivity index is 1.98. The first kappa shape index (κ1) is 24.7. The number of rotatable bonds is 4. The van der Waals surface area contributed by atoms with E-state index in [9.17, 15) is 34.8 Å². The maximum absolute atomic E-state index is 13.8. The lowest BCUT2D eigenvalue weighted by molar-refractivity contribution is -0.153. The van der Waals surface area contributed by atoms with Gasteiger partial charge >= 0.3 is 0 Å². The fraction of sp³-hybridized carbons (Fsp3) is 0.423. The molecule has 1 amide bonds. The van der Waals surface area contributed by atoms with Crippen LogP contribution in [0.4, 0.5) is 0 Å². The number of amides is 1. The van der Waals surface area contributed by atoms with Crippen LogP contribution in [-0.4, -0.2) is 68.5 Å². The lowest BCUT2D eigenvalue weighted by Gasteiger charge is -2.50. The molecule has 0 unspecified atom stereocenters. The summed E-state index contributed by atoms with van der Waals surface area (Å²) in [5, 5.41) is 44.3. The first-order valence-corrected chi connectivity index (χ1v) is 11.5. The second-order valence-corrected chi connectivity index (χ2v) is 9.74. The number of aliphatic hydroxyl groups is 3.